The third-order valence-corrected chi connectivity index (χ3v) is 4.10. The van der Waals surface area contributed by atoms with Gasteiger partial charge in [-0.15, -0.1) is 10.2 Å². The molecule has 4 rings (SSSR count). The van der Waals surface area contributed by atoms with E-state index in [-0.39, 0.29) is 6.04 Å². The molecule has 0 N–H and O–H groups in total. The minimum absolute atomic E-state index is 0.0800. The molecule has 0 bridgehead atoms. The fraction of sp³-hybridized carbons (Fsp3) is 0.222. The van der Waals surface area contributed by atoms with Crippen molar-refractivity contribution in [3.8, 4) is 11.7 Å². The Labute approximate surface area is 138 Å². The highest BCUT2D eigenvalue weighted by Crippen LogP contribution is 2.27. The van der Waals surface area contributed by atoms with E-state index in [0.717, 1.165) is 16.7 Å². The number of furan rings is 2. The largest absolute Gasteiger partial charge is 0.459 e. The van der Waals surface area contributed by atoms with Crippen LogP contribution in [0, 0.1) is 0 Å². The third-order valence-electron chi connectivity index (χ3n) is 4.10. The fourth-order valence-electron chi connectivity index (χ4n) is 2.59. The van der Waals surface area contributed by atoms with Gasteiger partial charge in [0.25, 0.3) is 5.89 Å². The molecule has 0 unspecified atom stereocenters. The Balaban J connectivity index is 1.50. The molecule has 0 aliphatic carbocycles. The SMILES string of the molecule is C[C@H](c1cc2ccccc2o1)N(C)Cc1nnc(-c2ccco2)o1. The van der Waals surface area contributed by atoms with Gasteiger partial charge >= 0.3 is 0 Å². The lowest BCUT2D eigenvalue weighted by Crippen LogP contribution is -2.21. The molecule has 1 aromatic carbocycles. The van der Waals surface area contributed by atoms with Gasteiger partial charge in [0, 0.05) is 5.39 Å². The van der Waals surface area contributed by atoms with Gasteiger partial charge in [-0.3, -0.25) is 4.90 Å². The number of nitrogens with zero attached hydrogens (tertiary/aromatic N) is 3. The molecule has 0 fully saturated rings. The van der Waals surface area contributed by atoms with E-state index in [1.807, 2.05) is 31.3 Å². The van der Waals surface area contributed by atoms with Crippen molar-refractivity contribution >= 4 is 11.0 Å². The molecule has 6 heteroatoms. The van der Waals surface area contributed by atoms with Crippen LogP contribution in [0.2, 0.25) is 0 Å². The predicted molar refractivity (Wildman–Crippen MR) is 88.1 cm³/mol. The number of para-hydroxylation sites is 1. The van der Waals surface area contributed by atoms with Gasteiger partial charge in [-0.25, -0.2) is 0 Å². The molecule has 0 amide bonds. The lowest BCUT2D eigenvalue weighted by atomic mass is 10.2. The van der Waals surface area contributed by atoms with Gasteiger partial charge in [0.15, 0.2) is 5.76 Å². The van der Waals surface area contributed by atoms with E-state index >= 15 is 0 Å². The van der Waals surface area contributed by atoms with Crippen molar-refractivity contribution in [2.45, 2.75) is 19.5 Å². The zero-order valence-corrected chi connectivity index (χ0v) is 13.5. The van der Waals surface area contributed by atoms with Crippen LogP contribution in [0.3, 0.4) is 0 Å². The third kappa shape index (κ3) is 2.72. The van der Waals surface area contributed by atoms with E-state index in [4.69, 9.17) is 13.3 Å². The van der Waals surface area contributed by atoms with Crippen molar-refractivity contribution in [1.29, 1.82) is 0 Å². The summed E-state index contributed by atoms with van der Waals surface area (Å²) in [5.41, 5.74) is 0.894. The maximum Gasteiger partial charge on any atom is 0.283 e. The normalized spacial score (nSPS) is 13.0. The number of aromatic nitrogens is 2. The van der Waals surface area contributed by atoms with Crippen LogP contribution < -0.4 is 0 Å². The summed E-state index contributed by atoms with van der Waals surface area (Å²) >= 11 is 0. The van der Waals surface area contributed by atoms with E-state index in [1.165, 1.54) is 0 Å². The van der Waals surface area contributed by atoms with Crippen molar-refractivity contribution in [3.63, 3.8) is 0 Å². The van der Waals surface area contributed by atoms with Gasteiger partial charge in [-0.1, -0.05) is 18.2 Å². The monoisotopic (exact) mass is 323 g/mol. The van der Waals surface area contributed by atoms with Gasteiger partial charge in [-0.2, -0.15) is 0 Å². The van der Waals surface area contributed by atoms with E-state index in [2.05, 4.69) is 28.1 Å². The zero-order chi connectivity index (χ0) is 16.5. The van der Waals surface area contributed by atoms with Crippen LogP contribution in [0.4, 0.5) is 0 Å². The maximum atomic E-state index is 5.93. The Hall–Kier alpha value is -2.86. The average molecular weight is 323 g/mol. The topological polar surface area (TPSA) is 68.4 Å². The van der Waals surface area contributed by atoms with E-state index in [9.17, 15) is 0 Å². The van der Waals surface area contributed by atoms with Crippen molar-refractivity contribution in [2.75, 3.05) is 7.05 Å². The second-order valence-electron chi connectivity index (χ2n) is 5.76. The number of fused-ring (bicyclic) bond motifs is 1. The van der Waals surface area contributed by atoms with Crippen molar-refractivity contribution < 1.29 is 13.3 Å². The lowest BCUT2D eigenvalue weighted by Gasteiger charge is -2.20. The number of hydrogen-bond acceptors (Lipinski definition) is 6. The van der Waals surface area contributed by atoms with E-state index in [0.29, 0.717) is 24.1 Å². The second-order valence-corrected chi connectivity index (χ2v) is 5.76. The molecular formula is C18H17N3O3. The first-order valence-corrected chi connectivity index (χ1v) is 7.75. The van der Waals surface area contributed by atoms with Crippen LogP contribution in [-0.2, 0) is 6.54 Å². The van der Waals surface area contributed by atoms with Gasteiger partial charge in [0.1, 0.15) is 11.3 Å². The Morgan fingerprint density at radius 3 is 2.75 bits per heavy atom. The van der Waals surface area contributed by atoms with E-state index in [1.54, 1.807) is 18.4 Å². The molecule has 3 aromatic heterocycles. The Kier molecular flexibility index (Phi) is 3.66. The van der Waals surface area contributed by atoms with Gasteiger partial charge in [0.05, 0.1) is 18.8 Å². The second kappa shape index (κ2) is 5.98. The lowest BCUT2D eigenvalue weighted by molar-refractivity contribution is 0.207. The molecule has 0 saturated carbocycles. The summed E-state index contributed by atoms with van der Waals surface area (Å²) in [5, 5.41) is 9.20. The van der Waals surface area contributed by atoms with Crippen LogP contribution in [-0.4, -0.2) is 22.1 Å². The van der Waals surface area contributed by atoms with E-state index < -0.39 is 0 Å². The maximum absolute atomic E-state index is 5.93. The van der Waals surface area contributed by atoms with Crippen LogP contribution in [0.5, 0.6) is 0 Å². The predicted octanol–water partition coefficient (Wildman–Crippen LogP) is 4.27. The van der Waals surface area contributed by atoms with Gasteiger partial charge < -0.3 is 13.3 Å². The molecule has 24 heavy (non-hydrogen) atoms. The molecule has 0 aliphatic rings. The summed E-state index contributed by atoms with van der Waals surface area (Å²) in [5.74, 6) is 2.40. The molecule has 0 radical (unpaired) electrons. The highest BCUT2D eigenvalue weighted by molar-refractivity contribution is 5.77. The highest BCUT2D eigenvalue weighted by Gasteiger charge is 2.19. The molecule has 1 atom stereocenters. The quantitative estimate of drug-likeness (QED) is 0.546. The molecule has 3 heterocycles. The zero-order valence-electron chi connectivity index (χ0n) is 13.5. The van der Waals surface area contributed by atoms with Crippen LogP contribution in [0.1, 0.15) is 24.6 Å². The molecule has 0 spiro atoms. The van der Waals surface area contributed by atoms with Crippen LogP contribution >= 0.6 is 0 Å². The highest BCUT2D eigenvalue weighted by atomic mass is 16.4. The summed E-state index contributed by atoms with van der Waals surface area (Å²) in [6.07, 6.45) is 1.58. The first-order valence-electron chi connectivity index (χ1n) is 7.75. The summed E-state index contributed by atoms with van der Waals surface area (Å²) in [6.45, 7) is 2.60. The van der Waals surface area contributed by atoms with Crippen molar-refractivity contribution in [2.24, 2.45) is 0 Å². The first kappa shape index (κ1) is 14.7. The molecular weight excluding hydrogens is 306 g/mol. The Morgan fingerprint density at radius 2 is 1.96 bits per heavy atom. The van der Waals surface area contributed by atoms with Crippen molar-refractivity contribution in [3.05, 3.63) is 60.4 Å². The summed E-state index contributed by atoms with van der Waals surface area (Å²) in [4.78, 5) is 2.09. The summed E-state index contributed by atoms with van der Waals surface area (Å²) < 4.78 is 16.8. The molecule has 6 nitrogen and oxygen atoms in total. The molecule has 0 aliphatic heterocycles. The molecule has 0 saturated heterocycles. The minimum atomic E-state index is 0.0800. The Bertz CT molecular complexity index is 906. The summed E-state index contributed by atoms with van der Waals surface area (Å²) in [7, 11) is 1.99. The van der Waals surface area contributed by atoms with Gasteiger partial charge in [0.2, 0.25) is 5.89 Å². The molecule has 122 valence electrons. The fourth-order valence-corrected chi connectivity index (χ4v) is 2.59. The van der Waals surface area contributed by atoms with Crippen molar-refractivity contribution in [1.82, 2.24) is 15.1 Å². The number of benzene rings is 1. The minimum Gasteiger partial charge on any atom is -0.459 e. The van der Waals surface area contributed by atoms with Crippen LogP contribution in [0.25, 0.3) is 22.6 Å². The summed E-state index contributed by atoms with van der Waals surface area (Å²) in [6, 6.07) is 13.7. The average Bonchev–Trinajstić information content (AvgIpc) is 3.32. The van der Waals surface area contributed by atoms with Crippen LogP contribution in [0.15, 0.2) is 62.0 Å². The number of hydrogen-bond donors (Lipinski definition) is 0. The van der Waals surface area contributed by atoms with Gasteiger partial charge in [-0.05, 0) is 38.2 Å². The number of rotatable bonds is 5. The molecule has 4 aromatic rings. The standard InChI is InChI=1S/C18H17N3O3/c1-12(16-10-13-6-3-4-7-14(13)23-16)21(2)11-17-19-20-18(24-17)15-8-5-9-22-15/h3-10,12H,11H2,1-2H3/t12-/m1/s1. The first-order chi connectivity index (χ1) is 11.7. The smallest absolute Gasteiger partial charge is 0.283 e. The Morgan fingerprint density at radius 1 is 1.08 bits per heavy atom.